The van der Waals surface area contributed by atoms with Crippen molar-refractivity contribution in [2.75, 3.05) is 0 Å². The molecular formula is C30H30O4. The number of hydrogen-bond acceptors (Lipinski definition) is 4. The molecule has 0 heterocycles. The maximum absolute atomic E-state index is 12.1. The van der Waals surface area contributed by atoms with Crippen molar-refractivity contribution in [2.45, 2.75) is 39.5 Å². The minimum atomic E-state index is -0.276. The number of allylic oxidation sites excluding steroid dienone is 2. The van der Waals surface area contributed by atoms with Crippen molar-refractivity contribution < 1.29 is 19.8 Å². The monoisotopic (exact) mass is 454 g/mol. The molecule has 3 rings (SSSR count). The maximum Gasteiger partial charge on any atom is 0.185 e. The standard InChI is InChI=1S/C30H30O4/c1-7-25(31)19-9-11-23(27(33)15-19)29-21(17(3)4)13-14-22(18(5)6)30(29)24-12-10-20(16-28(24)34)26(32)8-2/h7-18,33-34H,1-2H2,3-6H3. The number of carbonyl (C=O) groups excluding carboxylic acids is 2. The van der Waals surface area contributed by atoms with Gasteiger partial charge in [-0.25, -0.2) is 0 Å². The van der Waals surface area contributed by atoms with Gasteiger partial charge in [-0.05, 0) is 70.5 Å². The molecule has 0 radical (unpaired) electrons. The molecule has 4 nitrogen and oxygen atoms in total. The zero-order valence-electron chi connectivity index (χ0n) is 20.1. The van der Waals surface area contributed by atoms with E-state index < -0.39 is 0 Å². The Hall–Kier alpha value is -3.92. The minimum absolute atomic E-state index is 0.0327. The van der Waals surface area contributed by atoms with Crippen LogP contribution in [0, 0.1) is 0 Å². The molecule has 2 N–H and O–H groups in total. The van der Waals surface area contributed by atoms with Crippen LogP contribution in [0.25, 0.3) is 22.3 Å². The van der Waals surface area contributed by atoms with Gasteiger partial charge in [-0.1, -0.05) is 65.1 Å². The second-order valence-corrected chi connectivity index (χ2v) is 8.90. The zero-order chi connectivity index (χ0) is 25.2. The summed E-state index contributed by atoms with van der Waals surface area (Å²) in [5, 5.41) is 22.0. The van der Waals surface area contributed by atoms with Crippen LogP contribution in [0.2, 0.25) is 0 Å². The Morgan fingerprint density at radius 3 is 1.29 bits per heavy atom. The van der Waals surface area contributed by atoms with E-state index in [1.807, 2.05) is 12.1 Å². The highest BCUT2D eigenvalue weighted by Crippen LogP contribution is 2.47. The second kappa shape index (κ2) is 9.92. The number of hydrogen-bond donors (Lipinski definition) is 2. The average molecular weight is 455 g/mol. The summed E-state index contributed by atoms with van der Waals surface area (Å²) in [5.41, 5.74) is 5.37. The van der Waals surface area contributed by atoms with E-state index in [1.54, 1.807) is 24.3 Å². The summed E-state index contributed by atoms with van der Waals surface area (Å²) >= 11 is 0. The lowest BCUT2D eigenvalue weighted by molar-refractivity contribution is 0.103. The predicted octanol–water partition coefficient (Wildman–Crippen LogP) is 7.42. The van der Waals surface area contributed by atoms with Gasteiger partial charge in [0, 0.05) is 22.3 Å². The summed E-state index contributed by atoms with van der Waals surface area (Å²) < 4.78 is 0. The number of aromatic hydroxyl groups is 2. The summed E-state index contributed by atoms with van der Waals surface area (Å²) in [5.74, 6) is -0.381. The molecule has 0 aromatic heterocycles. The molecule has 0 unspecified atom stereocenters. The largest absolute Gasteiger partial charge is 0.507 e. The third-order valence-electron chi connectivity index (χ3n) is 5.99. The van der Waals surface area contributed by atoms with Crippen LogP contribution in [0.5, 0.6) is 11.5 Å². The molecule has 0 bridgehead atoms. The SMILES string of the molecule is C=CC(=O)c1ccc(-c2c(C(C)C)ccc(C(C)C)c2-c2ccc(C(=O)C=C)cc2O)c(O)c1. The molecule has 34 heavy (non-hydrogen) atoms. The van der Waals surface area contributed by atoms with E-state index in [-0.39, 0.29) is 34.9 Å². The molecule has 0 aliphatic heterocycles. The average Bonchev–Trinajstić information content (AvgIpc) is 2.81. The summed E-state index contributed by atoms with van der Waals surface area (Å²) in [6.45, 7) is 15.3. The molecule has 0 spiro atoms. The molecule has 0 aliphatic rings. The lowest BCUT2D eigenvalue weighted by Gasteiger charge is -2.24. The highest BCUT2D eigenvalue weighted by atomic mass is 16.3. The molecular weight excluding hydrogens is 424 g/mol. The van der Waals surface area contributed by atoms with Crippen molar-refractivity contribution in [1.29, 1.82) is 0 Å². The van der Waals surface area contributed by atoms with Gasteiger partial charge < -0.3 is 10.2 Å². The van der Waals surface area contributed by atoms with Crippen LogP contribution in [0.1, 0.15) is 71.4 Å². The second-order valence-electron chi connectivity index (χ2n) is 8.90. The molecule has 0 saturated heterocycles. The van der Waals surface area contributed by atoms with Crippen molar-refractivity contribution in [3.8, 4) is 33.8 Å². The van der Waals surface area contributed by atoms with Crippen molar-refractivity contribution in [3.63, 3.8) is 0 Å². The van der Waals surface area contributed by atoms with Crippen LogP contribution < -0.4 is 0 Å². The van der Waals surface area contributed by atoms with Gasteiger partial charge in [0.2, 0.25) is 0 Å². The molecule has 0 aliphatic carbocycles. The van der Waals surface area contributed by atoms with Crippen molar-refractivity contribution in [1.82, 2.24) is 0 Å². The maximum atomic E-state index is 12.1. The Kier molecular flexibility index (Phi) is 7.21. The van der Waals surface area contributed by atoms with Crippen LogP contribution in [0.4, 0.5) is 0 Å². The van der Waals surface area contributed by atoms with Gasteiger partial charge in [-0.3, -0.25) is 9.59 Å². The molecule has 174 valence electrons. The van der Waals surface area contributed by atoms with Gasteiger partial charge in [-0.2, -0.15) is 0 Å². The highest BCUT2D eigenvalue weighted by Gasteiger charge is 2.24. The number of benzene rings is 3. The lowest BCUT2D eigenvalue weighted by atomic mass is 9.80. The van der Waals surface area contributed by atoms with E-state index in [9.17, 15) is 19.8 Å². The fourth-order valence-corrected chi connectivity index (χ4v) is 4.21. The van der Waals surface area contributed by atoms with Gasteiger partial charge in [0.25, 0.3) is 0 Å². The van der Waals surface area contributed by atoms with Crippen LogP contribution in [-0.4, -0.2) is 21.8 Å². The smallest absolute Gasteiger partial charge is 0.185 e. The number of phenols is 2. The first kappa shape index (κ1) is 24.7. The van der Waals surface area contributed by atoms with E-state index in [4.69, 9.17) is 0 Å². The van der Waals surface area contributed by atoms with E-state index in [1.165, 1.54) is 24.3 Å². The van der Waals surface area contributed by atoms with Crippen molar-refractivity contribution in [2.24, 2.45) is 0 Å². The topological polar surface area (TPSA) is 74.6 Å². The fraction of sp³-hybridized carbons (Fsp3) is 0.200. The van der Waals surface area contributed by atoms with Gasteiger partial charge in [0.15, 0.2) is 11.6 Å². The van der Waals surface area contributed by atoms with Crippen molar-refractivity contribution in [3.05, 3.63) is 96.1 Å². The van der Waals surface area contributed by atoms with E-state index in [0.717, 1.165) is 22.3 Å². The van der Waals surface area contributed by atoms with E-state index >= 15 is 0 Å². The number of carbonyl (C=O) groups is 2. The first-order valence-electron chi connectivity index (χ1n) is 11.3. The fourth-order valence-electron chi connectivity index (χ4n) is 4.21. The first-order chi connectivity index (χ1) is 16.1. The number of phenolic OH excluding ortho intramolecular Hbond substituents is 2. The highest BCUT2D eigenvalue weighted by molar-refractivity contribution is 6.06. The third-order valence-corrected chi connectivity index (χ3v) is 5.99. The van der Waals surface area contributed by atoms with Crippen LogP contribution >= 0.6 is 0 Å². The van der Waals surface area contributed by atoms with Crippen LogP contribution in [0.15, 0.2) is 73.8 Å². The van der Waals surface area contributed by atoms with Gasteiger partial charge in [0.1, 0.15) is 11.5 Å². The minimum Gasteiger partial charge on any atom is -0.507 e. The van der Waals surface area contributed by atoms with Crippen LogP contribution in [0.3, 0.4) is 0 Å². The Morgan fingerprint density at radius 1 is 0.676 bits per heavy atom. The number of rotatable bonds is 8. The van der Waals surface area contributed by atoms with Crippen LogP contribution in [-0.2, 0) is 0 Å². The number of ketones is 2. The lowest BCUT2D eigenvalue weighted by Crippen LogP contribution is -2.03. The Morgan fingerprint density at radius 2 is 1.03 bits per heavy atom. The van der Waals surface area contributed by atoms with Crippen molar-refractivity contribution >= 4 is 11.6 Å². The van der Waals surface area contributed by atoms with Gasteiger partial charge >= 0.3 is 0 Å². The molecule has 0 amide bonds. The first-order valence-corrected chi connectivity index (χ1v) is 11.3. The quantitative estimate of drug-likeness (QED) is 0.274. The summed E-state index contributed by atoms with van der Waals surface area (Å²) in [7, 11) is 0. The zero-order valence-corrected chi connectivity index (χ0v) is 20.1. The summed E-state index contributed by atoms with van der Waals surface area (Å²) in [6, 6.07) is 13.8. The molecule has 0 saturated carbocycles. The Balaban J connectivity index is 2.42. The van der Waals surface area contributed by atoms with Gasteiger partial charge in [0.05, 0.1) is 0 Å². The normalized spacial score (nSPS) is 11.0. The molecule has 3 aromatic carbocycles. The Bertz CT molecular complexity index is 1190. The van der Waals surface area contributed by atoms with Gasteiger partial charge in [-0.15, -0.1) is 0 Å². The summed E-state index contributed by atoms with van der Waals surface area (Å²) in [6.07, 6.45) is 2.42. The third kappa shape index (κ3) is 4.58. The molecule has 4 heteroatoms. The molecule has 3 aromatic rings. The summed E-state index contributed by atoms with van der Waals surface area (Å²) in [4.78, 5) is 24.2. The predicted molar refractivity (Wildman–Crippen MR) is 138 cm³/mol. The van der Waals surface area contributed by atoms with E-state index in [0.29, 0.717) is 22.3 Å². The van der Waals surface area contributed by atoms with E-state index in [2.05, 4.69) is 40.9 Å². The molecule has 0 atom stereocenters. The Labute approximate surface area is 200 Å². The molecule has 0 fully saturated rings.